The normalized spacial score (nSPS) is 15.3. The molecule has 0 fully saturated rings. The quantitative estimate of drug-likeness (QED) is 0.531. The van der Waals surface area contributed by atoms with Crippen molar-refractivity contribution >= 4 is 23.6 Å². The molecular weight excluding hydrogens is 398 g/mol. The van der Waals surface area contributed by atoms with Crippen LogP contribution in [0, 0.1) is 0 Å². The second kappa shape index (κ2) is 9.51. The van der Waals surface area contributed by atoms with Gasteiger partial charge in [0.15, 0.2) is 0 Å². The molecule has 1 N–H and O–H groups in total. The fourth-order valence-electron chi connectivity index (χ4n) is 3.34. The Balaban J connectivity index is 1.32. The Kier molecular flexibility index (Phi) is 6.35. The van der Waals surface area contributed by atoms with Gasteiger partial charge in [0.25, 0.3) is 0 Å². The molecule has 30 heavy (non-hydrogen) atoms. The van der Waals surface area contributed by atoms with Gasteiger partial charge in [-0.05, 0) is 35.9 Å². The highest BCUT2D eigenvalue weighted by molar-refractivity contribution is 6.31. The van der Waals surface area contributed by atoms with Gasteiger partial charge in [-0.3, -0.25) is 4.79 Å². The smallest absolute Gasteiger partial charge is 0.244 e. The summed E-state index contributed by atoms with van der Waals surface area (Å²) in [6.07, 6.45) is 4.10. The topological polar surface area (TPSA) is 47.6 Å². The second-order valence-corrected chi connectivity index (χ2v) is 7.43. The lowest BCUT2D eigenvalue weighted by Gasteiger charge is -2.26. The number of amides is 1. The Hall–Kier alpha value is -3.24. The first-order chi connectivity index (χ1) is 14.7. The van der Waals surface area contributed by atoms with E-state index in [2.05, 4.69) is 5.32 Å². The van der Waals surface area contributed by atoms with Crippen LogP contribution in [0.25, 0.3) is 6.08 Å². The van der Waals surface area contributed by atoms with E-state index in [1.54, 1.807) is 12.2 Å². The number of carbonyl (C=O) groups is 1. The van der Waals surface area contributed by atoms with Crippen LogP contribution in [0.1, 0.15) is 29.2 Å². The standard InChI is InChI=1S/C25H22ClNO3/c26-22-7-3-1-5-19(22)17-30-20-12-9-18(10-13-20)11-14-25(28)27-23-15-16-29-24-8-4-2-6-21(23)24/h1-14,23H,15-17H2,(H,27,28)/b14-11+. The number of hydrogen-bond donors (Lipinski definition) is 1. The van der Waals surface area contributed by atoms with E-state index < -0.39 is 0 Å². The predicted molar refractivity (Wildman–Crippen MR) is 119 cm³/mol. The number of nitrogens with one attached hydrogen (secondary N) is 1. The summed E-state index contributed by atoms with van der Waals surface area (Å²) in [4.78, 5) is 12.4. The van der Waals surface area contributed by atoms with Gasteiger partial charge in [-0.1, -0.05) is 60.1 Å². The van der Waals surface area contributed by atoms with Gasteiger partial charge in [0, 0.05) is 28.6 Å². The van der Waals surface area contributed by atoms with Crippen LogP contribution >= 0.6 is 11.6 Å². The van der Waals surface area contributed by atoms with Gasteiger partial charge in [0.05, 0.1) is 12.6 Å². The van der Waals surface area contributed by atoms with Crippen LogP contribution in [-0.2, 0) is 11.4 Å². The lowest BCUT2D eigenvalue weighted by Crippen LogP contribution is -2.30. The Labute approximate surface area is 181 Å². The summed E-state index contributed by atoms with van der Waals surface area (Å²) < 4.78 is 11.4. The first kappa shape index (κ1) is 20.0. The number of para-hydroxylation sites is 1. The molecule has 0 saturated carbocycles. The molecule has 3 aromatic rings. The van der Waals surface area contributed by atoms with Crippen LogP contribution in [0.3, 0.4) is 0 Å². The molecule has 4 nitrogen and oxygen atoms in total. The van der Waals surface area contributed by atoms with Crippen molar-refractivity contribution in [3.05, 3.63) is 101 Å². The molecular formula is C25H22ClNO3. The van der Waals surface area contributed by atoms with E-state index in [-0.39, 0.29) is 11.9 Å². The second-order valence-electron chi connectivity index (χ2n) is 7.02. The summed E-state index contributed by atoms with van der Waals surface area (Å²) in [5, 5.41) is 3.75. The summed E-state index contributed by atoms with van der Waals surface area (Å²) in [6, 6.07) is 23.0. The van der Waals surface area contributed by atoms with Gasteiger partial charge in [-0.2, -0.15) is 0 Å². The Morgan fingerprint density at radius 2 is 1.83 bits per heavy atom. The van der Waals surface area contributed by atoms with Crippen molar-refractivity contribution in [3.63, 3.8) is 0 Å². The summed E-state index contributed by atoms with van der Waals surface area (Å²) in [5.41, 5.74) is 2.88. The Bertz CT molecular complexity index is 1050. The summed E-state index contributed by atoms with van der Waals surface area (Å²) >= 11 is 6.15. The van der Waals surface area contributed by atoms with E-state index in [1.807, 2.05) is 72.8 Å². The van der Waals surface area contributed by atoms with Crippen LogP contribution in [0.4, 0.5) is 0 Å². The number of hydrogen-bond acceptors (Lipinski definition) is 3. The maximum Gasteiger partial charge on any atom is 0.244 e. The highest BCUT2D eigenvalue weighted by atomic mass is 35.5. The molecule has 3 aromatic carbocycles. The summed E-state index contributed by atoms with van der Waals surface area (Å²) in [7, 11) is 0. The van der Waals surface area contributed by atoms with Crippen molar-refractivity contribution in [1.29, 1.82) is 0 Å². The van der Waals surface area contributed by atoms with E-state index in [9.17, 15) is 4.79 Å². The van der Waals surface area contributed by atoms with Crippen molar-refractivity contribution in [1.82, 2.24) is 5.32 Å². The van der Waals surface area contributed by atoms with Crippen LogP contribution in [0.15, 0.2) is 78.9 Å². The first-order valence-electron chi connectivity index (χ1n) is 9.85. The van der Waals surface area contributed by atoms with Gasteiger partial charge in [0.2, 0.25) is 5.91 Å². The minimum Gasteiger partial charge on any atom is -0.493 e. The number of fused-ring (bicyclic) bond motifs is 1. The zero-order valence-electron chi connectivity index (χ0n) is 16.4. The van der Waals surface area contributed by atoms with Crippen LogP contribution in [0.2, 0.25) is 5.02 Å². The molecule has 1 heterocycles. The molecule has 0 aromatic heterocycles. The molecule has 0 radical (unpaired) electrons. The third-order valence-electron chi connectivity index (χ3n) is 4.93. The molecule has 0 saturated heterocycles. The van der Waals surface area contributed by atoms with Crippen LogP contribution in [-0.4, -0.2) is 12.5 Å². The summed E-state index contributed by atoms with van der Waals surface area (Å²) in [5.74, 6) is 1.46. The SMILES string of the molecule is O=C(/C=C/c1ccc(OCc2ccccc2Cl)cc1)NC1CCOc2ccccc21. The fourth-order valence-corrected chi connectivity index (χ4v) is 3.53. The minimum absolute atomic E-state index is 0.0345. The number of carbonyl (C=O) groups excluding carboxylic acids is 1. The number of halogens is 1. The molecule has 4 rings (SSSR count). The molecule has 1 aliphatic heterocycles. The third-order valence-corrected chi connectivity index (χ3v) is 5.30. The molecule has 0 spiro atoms. The van der Waals surface area contributed by atoms with Crippen LogP contribution < -0.4 is 14.8 Å². The minimum atomic E-state index is -0.129. The van der Waals surface area contributed by atoms with Crippen molar-refractivity contribution in [2.75, 3.05) is 6.61 Å². The van der Waals surface area contributed by atoms with E-state index in [4.69, 9.17) is 21.1 Å². The zero-order chi connectivity index (χ0) is 20.8. The largest absolute Gasteiger partial charge is 0.493 e. The Morgan fingerprint density at radius 1 is 1.07 bits per heavy atom. The molecule has 1 amide bonds. The van der Waals surface area contributed by atoms with Gasteiger partial charge in [-0.15, -0.1) is 0 Å². The lowest BCUT2D eigenvalue weighted by molar-refractivity contribution is -0.117. The summed E-state index contributed by atoms with van der Waals surface area (Å²) in [6.45, 7) is 1.01. The van der Waals surface area contributed by atoms with Gasteiger partial charge >= 0.3 is 0 Å². The van der Waals surface area contributed by atoms with Gasteiger partial charge in [0.1, 0.15) is 18.1 Å². The van der Waals surface area contributed by atoms with Crippen molar-refractivity contribution in [2.24, 2.45) is 0 Å². The lowest BCUT2D eigenvalue weighted by atomic mass is 10.0. The van der Waals surface area contributed by atoms with Gasteiger partial charge in [-0.25, -0.2) is 0 Å². The van der Waals surface area contributed by atoms with E-state index in [0.29, 0.717) is 18.2 Å². The Morgan fingerprint density at radius 3 is 2.67 bits per heavy atom. The average molecular weight is 420 g/mol. The number of ether oxygens (including phenoxy) is 2. The predicted octanol–water partition coefficient (Wildman–Crippen LogP) is 5.57. The maximum absolute atomic E-state index is 12.4. The molecule has 0 aliphatic carbocycles. The van der Waals surface area contributed by atoms with Crippen molar-refractivity contribution in [2.45, 2.75) is 19.1 Å². The highest BCUT2D eigenvalue weighted by Gasteiger charge is 2.21. The number of benzene rings is 3. The molecule has 1 unspecified atom stereocenters. The first-order valence-corrected chi connectivity index (χ1v) is 10.2. The van der Waals surface area contributed by atoms with Crippen LogP contribution in [0.5, 0.6) is 11.5 Å². The molecule has 0 bridgehead atoms. The molecule has 1 atom stereocenters. The van der Waals surface area contributed by atoms with Crippen molar-refractivity contribution < 1.29 is 14.3 Å². The monoisotopic (exact) mass is 419 g/mol. The van der Waals surface area contributed by atoms with E-state index in [0.717, 1.165) is 34.6 Å². The van der Waals surface area contributed by atoms with Gasteiger partial charge < -0.3 is 14.8 Å². The van der Waals surface area contributed by atoms with Crippen molar-refractivity contribution in [3.8, 4) is 11.5 Å². The molecule has 1 aliphatic rings. The fraction of sp³-hybridized carbons (Fsp3) is 0.160. The molecule has 152 valence electrons. The van der Waals surface area contributed by atoms with E-state index in [1.165, 1.54) is 0 Å². The number of rotatable bonds is 6. The average Bonchev–Trinajstić information content (AvgIpc) is 2.78. The highest BCUT2D eigenvalue weighted by Crippen LogP contribution is 2.31. The zero-order valence-corrected chi connectivity index (χ0v) is 17.1. The van der Waals surface area contributed by atoms with E-state index >= 15 is 0 Å². The maximum atomic E-state index is 12.4. The third kappa shape index (κ3) is 5.02. The molecule has 5 heteroatoms.